The number of aliphatic hydroxyl groups is 1. The monoisotopic (exact) mass is 1600 g/mol. The van der Waals surface area contributed by atoms with Crippen molar-refractivity contribution in [3.8, 4) is 10.4 Å². The van der Waals surface area contributed by atoms with Crippen molar-refractivity contribution in [3.63, 3.8) is 0 Å². The lowest BCUT2D eigenvalue weighted by Gasteiger charge is -2.42. The SMILES string of the molecule is Cc1ncsc1-c1ccc([C@H](C)NC(=O)[C@@H]2C[C@@H](O)CN2C(=O)[C@@H](NC(=O)CCCC(=O)N2CCN(CCN(C)CC3(C)CCC(c4ccc(Cl)cc4)=C(CN4CCN(c5ccc(C(=O)CS(=O)(=O)c6ccc(C[C@H](CCN7CCOCC7)CSc7ccccc7)c(S(C)(=O)=O)c6)cc5)CC4)C3)CC2)C(C)(C)C)cc1. The maximum atomic E-state index is 14.4. The van der Waals surface area contributed by atoms with Gasteiger partial charge in [-0.3, -0.25) is 38.7 Å². The molecule has 1 aliphatic carbocycles. The summed E-state index contributed by atoms with van der Waals surface area (Å²) in [6.07, 6.45) is 5.08. The first-order chi connectivity index (χ1) is 52.4. The highest BCUT2D eigenvalue weighted by Crippen LogP contribution is 2.44. The summed E-state index contributed by atoms with van der Waals surface area (Å²) in [5.74, 6) is -1.67. The van der Waals surface area contributed by atoms with Crippen LogP contribution in [0.4, 0.5) is 5.69 Å². The number of Topliss-reactive ketones (excluding diaryl/α,β-unsaturated/α-hetero) is 1. The summed E-state index contributed by atoms with van der Waals surface area (Å²) in [6, 6.07) is 35.4. The van der Waals surface area contributed by atoms with Gasteiger partial charge in [-0.2, -0.15) is 0 Å². The van der Waals surface area contributed by atoms with Crippen LogP contribution in [0.3, 0.4) is 0 Å². The number of ether oxygens (including phenoxy) is 1. The fraction of sp³-hybridized carbons (Fsp3) is 0.524. The van der Waals surface area contributed by atoms with Gasteiger partial charge in [0, 0.05) is 151 Å². The maximum Gasteiger partial charge on any atom is 0.246 e. The molecule has 6 atom stereocenters. The van der Waals surface area contributed by atoms with Crippen molar-refractivity contribution in [3.05, 3.63) is 165 Å². The molecule has 6 aromatic rings. The number of morpholine rings is 1. The number of sulfone groups is 2. The number of benzene rings is 5. The number of aryl methyl sites for hydroxylation is 1. The zero-order valence-corrected chi connectivity index (χ0v) is 69.2. The van der Waals surface area contributed by atoms with Crippen LogP contribution in [0, 0.1) is 23.7 Å². The Kier molecular flexibility index (Phi) is 28.9. The third-order valence-electron chi connectivity index (χ3n) is 22.4. The largest absolute Gasteiger partial charge is 0.391 e. The fourth-order valence-electron chi connectivity index (χ4n) is 16.0. The molecule has 0 bridgehead atoms. The lowest BCUT2D eigenvalue weighted by atomic mass is 9.71. The smallest absolute Gasteiger partial charge is 0.246 e. The Morgan fingerprint density at radius 1 is 0.809 bits per heavy atom. The number of thiazole rings is 1. The number of hydrogen-bond donors (Lipinski definition) is 3. The molecular weight excluding hydrogens is 1490 g/mol. The number of likely N-dealkylation sites (tertiary alicyclic amines) is 1. The predicted octanol–water partition coefficient (Wildman–Crippen LogP) is 10.9. The number of likely N-dealkylation sites (N-methyl/N-ethyl adjacent to an activating group) is 1. The van der Waals surface area contributed by atoms with Crippen molar-refractivity contribution in [1.82, 2.24) is 45.0 Å². The number of rotatable bonds is 32. The van der Waals surface area contributed by atoms with Crippen molar-refractivity contribution < 1.29 is 50.7 Å². The summed E-state index contributed by atoms with van der Waals surface area (Å²) in [6.45, 7) is 25.1. The predicted molar refractivity (Wildman–Crippen MR) is 438 cm³/mol. The van der Waals surface area contributed by atoms with E-state index in [-0.39, 0.29) is 76.3 Å². The van der Waals surface area contributed by atoms with Gasteiger partial charge in [0.25, 0.3) is 0 Å². The van der Waals surface area contributed by atoms with Crippen LogP contribution in [0.1, 0.15) is 125 Å². The molecule has 0 saturated carbocycles. The number of halogens is 1. The van der Waals surface area contributed by atoms with Crippen LogP contribution in [0.15, 0.2) is 147 Å². The van der Waals surface area contributed by atoms with Gasteiger partial charge in [-0.1, -0.05) is 106 Å². The van der Waals surface area contributed by atoms with Crippen LogP contribution in [0.25, 0.3) is 16.0 Å². The zero-order valence-electron chi connectivity index (χ0n) is 65.1. The number of allylic oxidation sites excluding steroid dienone is 1. The van der Waals surface area contributed by atoms with Gasteiger partial charge in [0.05, 0.1) is 51.2 Å². The minimum absolute atomic E-state index is 0.0000315. The number of aliphatic hydroxyl groups excluding tert-OH is 1. The lowest BCUT2D eigenvalue weighted by Crippen LogP contribution is -2.57. The number of anilines is 1. The number of aromatic nitrogens is 1. The number of amides is 4. The van der Waals surface area contributed by atoms with Crippen molar-refractivity contribution in [2.24, 2.45) is 16.7 Å². The molecule has 11 rings (SSSR count). The third-order valence-corrected chi connectivity index (χ3v) is 27.7. The quantitative estimate of drug-likeness (QED) is 0.0263. The molecule has 21 nitrogen and oxygen atoms in total. The van der Waals surface area contributed by atoms with E-state index in [1.54, 1.807) is 41.3 Å². The number of nitrogens with one attached hydrogen (secondary N) is 2. The molecule has 3 N–H and O–H groups in total. The Morgan fingerprint density at radius 3 is 2.15 bits per heavy atom. The van der Waals surface area contributed by atoms with Crippen LogP contribution in [-0.4, -0.2) is 247 Å². The van der Waals surface area contributed by atoms with Gasteiger partial charge >= 0.3 is 0 Å². The van der Waals surface area contributed by atoms with Crippen molar-refractivity contribution in [2.45, 2.75) is 138 Å². The summed E-state index contributed by atoms with van der Waals surface area (Å²) in [5.41, 5.74) is 9.81. The maximum absolute atomic E-state index is 14.4. The van der Waals surface area contributed by atoms with Crippen LogP contribution >= 0.6 is 34.7 Å². The van der Waals surface area contributed by atoms with Gasteiger partial charge in [0.1, 0.15) is 17.8 Å². The van der Waals surface area contributed by atoms with Crippen LogP contribution in [-0.2, 0) is 50.0 Å². The summed E-state index contributed by atoms with van der Waals surface area (Å²) < 4.78 is 60.4. The van der Waals surface area contributed by atoms with Crippen LogP contribution in [0.5, 0.6) is 0 Å². The van der Waals surface area contributed by atoms with E-state index in [1.807, 2.05) is 112 Å². The average molecular weight is 1600 g/mol. The number of piperazine rings is 2. The van der Waals surface area contributed by atoms with Crippen LogP contribution in [0.2, 0.25) is 5.02 Å². The van der Waals surface area contributed by atoms with Crippen molar-refractivity contribution in [2.75, 3.05) is 148 Å². The standard InChI is InChI=1S/C84H111ClN10O11S4/c1-59(62-17-19-65(20-18-62)79-60(2)86-58-108-79)87-81(100)74-50-70(96)54-95(74)82(101)80(83(3,4)5)88-77(98)15-12-16-78(99)94-43-37-91(38-44-94)36-35-89(7)57-84(6)33-31-73(63-21-26-68(85)27-22-63)67(52-84)53-92-39-41-93(42-40-92)69-28-23-64(24-29-69)75(97)56-110(104,105)72-30-25-66(76(51-72)109(8,102)103)49-61(32-34-90-45-47-106-48-46-90)55-107-71-13-10-9-11-14-71/h9-11,13-14,17-30,51,58-59,61,70,74,80,96H,12,15-16,31-50,52-57H2,1-8H3,(H,87,100)(H,88,98)/t59-,61-,70+,74-,80+,84?/m0/s1. The zero-order chi connectivity index (χ0) is 78.5. The van der Waals surface area contributed by atoms with Gasteiger partial charge in [-0.15, -0.1) is 23.1 Å². The average Bonchev–Trinajstić information content (AvgIpc) is 1.06. The fourth-order valence-corrected chi connectivity index (χ4v) is 20.3. The van der Waals surface area contributed by atoms with E-state index in [1.165, 1.54) is 33.7 Å². The highest BCUT2D eigenvalue weighted by atomic mass is 35.5. The Morgan fingerprint density at radius 2 is 1.48 bits per heavy atom. The van der Waals surface area contributed by atoms with Crippen LogP contribution < -0.4 is 15.5 Å². The Hall–Kier alpha value is -6.88. The minimum Gasteiger partial charge on any atom is -0.391 e. The number of thioether (sulfide) groups is 1. The molecule has 110 heavy (non-hydrogen) atoms. The normalized spacial score (nSPS) is 20.2. The van der Waals surface area contributed by atoms with E-state index >= 15 is 0 Å². The number of carbonyl (C=O) groups excluding carboxylic acids is 5. The van der Waals surface area contributed by atoms with E-state index < -0.39 is 60.7 Å². The van der Waals surface area contributed by atoms with Gasteiger partial charge in [0.2, 0.25) is 23.6 Å². The first kappa shape index (κ1) is 84.0. The number of nitrogens with zero attached hydrogens (tertiary/aromatic N) is 8. The third kappa shape index (κ3) is 23.0. The highest BCUT2D eigenvalue weighted by Gasteiger charge is 2.45. The molecule has 0 radical (unpaired) electrons. The second-order valence-electron chi connectivity index (χ2n) is 32.2. The Bertz CT molecular complexity index is 4410. The molecule has 5 aliphatic rings. The number of β-amino-alcohol motifs (C(OH)–C–C–N with tert-alkyl or cyclic N) is 1. The van der Waals surface area contributed by atoms with Gasteiger partial charge in [-0.05, 0) is 171 Å². The molecule has 1 unspecified atom stereocenters. The van der Waals surface area contributed by atoms with E-state index in [0.717, 1.165) is 155 Å². The molecule has 26 heteroatoms. The van der Waals surface area contributed by atoms with Gasteiger partial charge < -0.3 is 40.1 Å². The van der Waals surface area contributed by atoms with E-state index in [0.29, 0.717) is 49.7 Å². The molecular formula is C84H111ClN10O11S4. The molecule has 4 saturated heterocycles. The second kappa shape index (κ2) is 37.8. The molecule has 4 aliphatic heterocycles. The van der Waals surface area contributed by atoms with Crippen molar-refractivity contribution >= 4 is 95.0 Å². The lowest BCUT2D eigenvalue weighted by molar-refractivity contribution is -0.144. The Balaban J connectivity index is 0.614. The minimum atomic E-state index is -4.22. The number of carbonyl (C=O) groups is 5. The summed E-state index contributed by atoms with van der Waals surface area (Å²) in [5, 5.41) is 17.5. The molecule has 0 spiro atoms. The first-order valence-electron chi connectivity index (χ1n) is 38.8. The molecule has 5 aromatic carbocycles. The Labute approximate surface area is 664 Å². The summed E-state index contributed by atoms with van der Waals surface area (Å²) >= 11 is 9.72. The summed E-state index contributed by atoms with van der Waals surface area (Å²) in [4.78, 5) is 90.9. The topological polar surface area (TPSA) is 243 Å². The number of ketones is 1. The van der Waals surface area contributed by atoms with E-state index in [4.69, 9.17) is 16.3 Å². The van der Waals surface area contributed by atoms with Crippen molar-refractivity contribution in [1.29, 1.82) is 0 Å². The molecule has 4 fully saturated rings. The summed E-state index contributed by atoms with van der Waals surface area (Å²) in [7, 11) is -5.86. The molecule has 594 valence electrons. The molecule has 4 amide bonds. The van der Waals surface area contributed by atoms with Gasteiger partial charge in [0.15, 0.2) is 25.5 Å². The molecule has 5 heterocycles. The number of hydrogen-bond acceptors (Lipinski definition) is 19. The molecule has 1 aromatic heterocycles. The first-order valence-corrected chi connectivity index (χ1v) is 44.6. The highest BCUT2D eigenvalue weighted by molar-refractivity contribution is 7.99. The second-order valence-corrected chi connectivity index (χ2v) is 38.6. The van der Waals surface area contributed by atoms with E-state index in [2.05, 4.69) is 78.4 Å². The van der Waals surface area contributed by atoms with E-state index in [9.17, 15) is 45.9 Å². The van der Waals surface area contributed by atoms with Gasteiger partial charge in [-0.25, -0.2) is 21.8 Å².